The van der Waals surface area contributed by atoms with Crippen LogP contribution in [0.5, 0.6) is 5.75 Å². The summed E-state index contributed by atoms with van der Waals surface area (Å²) in [5, 5.41) is 16.1. The van der Waals surface area contributed by atoms with Gasteiger partial charge in [-0.15, -0.1) is 0 Å². The highest BCUT2D eigenvalue weighted by molar-refractivity contribution is 5.90. The van der Waals surface area contributed by atoms with Gasteiger partial charge in [-0.05, 0) is 31.4 Å². The zero-order chi connectivity index (χ0) is 16.6. The third kappa shape index (κ3) is 5.56. The number of methoxy groups -OCH3 is 1. The molecule has 0 aliphatic rings. The van der Waals surface area contributed by atoms with Crippen molar-refractivity contribution in [1.82, 2.24) is 5.32 Å². The van der Waals surface area contributed by atoms with E-state index in [-0.39, 0.29) is 12.6 Å². The monoisotopic (exact) mass is 308 g/mol. The van der Waals surface area contributed by atoms with Crippen LogP contribution in [0.3, 0.4) is 0 Å². The zero-order valence-electron chi connectivity index (χ0n) is 14.0. The van der Waals surface area contributed by atoms with E-state index in [1.54, 1.807) is 13.2 Å². The number of carbonyl (C=O) groups excluding carboxylic acids is 1. The topological polar surface area (TPSA) is 70.6 Å². The maximum absolute atomic E-state index is 12.0. The molecule has 5 heteroatoms. The number of aryl methyl sites for hydroxylation is 1. The molecular weight excluding hydrogens is 280 g/mol. The first kappa shape index (κ1) is 18.3. The van der Waals surface area contributed by atoms with Crippen LogP contribution in [0.15, 0.2) is 18.2 Å². The molecule has 0 unspecified atom stereocenters. The summed E-state index contributed by atoms with van der Waals surface area (Å²) in [6, 6.07) is 5.19. The lowest BCUT2D eigenvalue weighted by Crippen LogP contribution is -2.44. The predicted molar refractivity (Wildman–Crippen MR) is 89.5 cm³/mol. The Morgan fingerprint density at radius 2 is 1.91 bits per heavy atom. The van der Waals surface area contributed by atoms with Crippen LogP contribution in [0.4, 0.5) is 10.5 Å². The van der Waals surface area contributed by atoms with Crippen LogP contribution in [0.2, 0.25) is 0 Å². The molecule has 0 aliphatic heterocycles. The van der Waals surface area contributed by atoms with Gasteiger partial charge in [-0.1, -0.05) is 32.8 Å². The van der Waals surface area contributed by atoms with Crippen LogP contribution in [0, 0.1) is 6.92 Å². The highest BCUT2D eigenvalue weighted by Crippen LogP contribution is 2.22. The molecule has 0 aromatic heterocycles. The number of rotatable bonds is 8. The first-order chi connectivity index (χ1) is 10.4. The molecule has 22 heavy (non-hydrogen) atoms. The van der Waals surface area contributed by atoms with Gasteiger partial charge in [0.05, 0.1) is 12.7 Å². The van der Waals surface area contributed by atoms with Crippen LogP contribution in [-0.4, -0.2) is 30.4 Å². The number of carbonyl (C=O) groups is 1. The van der Waals surface area contributed by atoms with Crippen LogP contribution in [0.1, 0.15) is 45.1 Å². The molecule has 124 valence electrons. The van der Waals surface area contributed by atoms with Crippen LogP contribution in [-0.2, 0) is 0 Å². The summed E-state index contributed by atoms with van der Waals surface area (Å²) in [5.41, 5.74) is 0.823. The van der Waals surface area contributed by atoms with Gasteiger partial charge in [0.1, 0.15) is 5.75 Å². The van der Waals surface area contributed by atoms with Crippen molar-refractivity contribution in [2.75, 3.05) is 19.0 Å². The minimum Gasteiger partial charge on any atom is -0.497 e. The number of aliphatic hydroxyl groups is 1. The standard InChI is InChI=1S/C17H28N2O3/c1-5-9-17(21,10-6-2)12-18-16(20)19-15-11-14(22-4)8-7-13(15)3/h7-8,11,21H,5-6,9-10,12H2,1-4H3,(H2,18,19,20). The summed E-state index contributed by atoms with van der Waals surface area (Å²) in [5.74, 6) is 0.689. The van der Waals surface area contributed by atoms with Crippen molar-refractivity contribution in [2.45, 2.75) is 52.1 Å². The summed E-state index contributed by atoms with van der Waals surface area (Å²) >= 11 is 0. The van der Waals surface area contributed by atoms with E-state index >= 15 is 0 Å². The first-order valence-electron chi connectivity index (χ1n) is 7.86. The van der Waals surface area contributed by atoms with Gasteiger partial charge in [-0.25, -0.2) is 4.79 Å². The fourth-order valence-electron chi connectivity index (χ4n) is 2.51. The van der Waals surface area contributed by atoms with Gasteiger partial charge in [0.15, 0.2) is 0 Å². The second-order valence-electron chi connectivity index (χ2n) is 5.71. The Kier molecular flexibility index (Phi) is 7.18. The van der Waals surface area contributed by atoms with Crippen molar-refractivity contribution in [3.63, 3.8) is 0 Å². The van der Waals surface area contributed by atoms with E-state index < -0.39 is 5.60 Å². The van der Waals surface area contributed by atoms with Gasteiger partial charge in [-0.2, -0.15) is 0 Å². The van der Waals surface area contributed by atoms with Gasteiger partial charge in [0.25, 0.3) is 0 Å². The van der Waals surface area contributed by atoms with E-state index in [1.165, 1.54) is 0 Å². The number of benzene rings is 1. The van der Waals surface area contributed by atoms with Gasteiger partial charge in [0.2, 0.25) is 0 Å². The average Bonchev–Trinajstić information content (AvgIpc) is 2.48. The second kappa shape index (κ2) is 8.63. The predicted octanol–water partition coefficient (Wildman–Crippen LogP) is 3.46. The fourth-order valence-corrected chi connectivity index (χ4v) is 2.51. The Hall–Kier alpha value is -1.75. The van der Waals surface area contributed by atoms with E-state index in [9.17, 15) is 9.90 Å². The number of ether oxygens (including phenoxy) is 1. The number of anilines is 1. The third-order valence-corrected chi connectivity index (χ3v) is 3.70. The number of nitrogens with one attached hydrogen (secondary N) is 2. The Balaban J connectivity index is 2.62. The summed E-state index contributed by atoms with van der Waals surface area (Å²) in [6.07, 6.45) is 3.13. The molecule has 0 heterocycles. The summed E-state index contributed by atoms with van der Waals surface area (Å²) in [4.78, 5) is 12.0. The molecule has 1 rings (SSSR count). The van der Waals surface area contributed by atoms with E-state index in [0.717, 1.165) is 18.4 Å². The fraction of sp³-hybridized carbons (Fsp3) is 0.588. The van der Waals surface area contributed by atoms with E-state index in [4.69, 9.17) is 4.74 Å². The van der Waals surface area contributed by atoms with E-state index in [0.29, 0.717) is 24.3 Å². The lowest BCUT2D eigenvalue weighted by molar-refractivity contribution is 0.0245. The van der Waals surface area contributed by atoms with E-state index in [1.807, 2.05) is 32.9 Å². The van der Waals surface area contributed by atoms with Gasteiger partial charge in [-0.3, -0.25) is 0 Å². The van der Waals surface area contributed by atoms with Gasteiger partial charge in [0, 0.05) is 18.3 Å². The van der Waals surface area contributed by atoms with Crippen molar-refractivity contribution >= 4 is 11.7 Å². The van der Waals surface area contributed by atoms with Gasteiger partial charge < -0.3 is 20.5 Å². The first-order valence-corrected chi connectivity index (χ1v) is 7.86. The molecule has 0 saturated heterocycles. The maximum atomic E-state index is 12.0. The number of amides is 2. The Morgan fingerprint density at radius 1 is 1.27 bits per heavy atom. The quantitative estimate of drug-likeness (QED) is 0.689. The molecule has 1 aromatic carbocycles. The van der Waals surface area contributed by atoms with Gasteiger partial charge >= 0.3 is 6.03 Å². The number of hydrogen-bond donors (Lipinski definition) is 3. The van der Waals surface area contributed by atoms with Crippen LogP contribution < -0.4 is 15.4 Å². The van der Waals surface area contributed by atoms with Crippen molar-refractivity contribution in [3.8, 4) is 5.75 Å². The van der Waals surface area contributed by atoms with Crippen molar-refractivity contribution in [2.24, 2.45) is 0 Å². The Bertz CT molecular complexity index is 483. The van der Waals surface area contributed by atoms with Crippen molar-refractivity contribution in [3.05, 3.63) is 23.8 Å². The van der Waals surface area contributed by atoms with Crippen molar-refractivity contribution in [1.29, 1.82) is 0 Å². The van der Waals surface area contributed by atoms with Crippen LogP contribution >= 0.6 is 0 Å². The molecule has 0 atom stereocenters. The molecule has 0 fully saturated rings. The number of urea groups is 1. The SMILES string of the molecule is CCCC(O)(CCC)CNC(=O)Nc1cc(OC)ccc1C. The lowest BCUT2D eigenvalue weighted by atomic mass is 9.93. The summed E-state index contributed by atoms with van der Waals surface area (Å²) in [7, 11) is 1.59. The minimum absolute atomic E-state index is 0.254. The molecule has 5 nitrogen and oxygen atoms in total. The zero-order valence-corrected chi connectivity index (χ0v) is 14.0. The molecule has 3 N–H and O–H groups in total. The normalized spacial score (nSPS) is 11.1. The van der Waals surface area contributed by atoms with Crippen LogP contribution in [0.25, 0.3) is 0 Å². The molecule has 0 saturated carbocycles. The molecule has 0 bridgehead atoms. The molecule has 0 aliphatic carbocycles. The highest BCUT2D eigenvalue weighted by Gasteiger charge is 2.25. The lowest BCUT2D eigenvalue weighted by Gasteiger charge is -2.27. The minimum atomic E-state index is -0.829. The Morgan fingerprint density at radius 3 is 2.45 bits per heavy atom. The van der Waals surface area contributed by atoms with E-state index in [2.05, 4.69) is 10.6 Å². The average molecular weight is 308 g/mol. The molecule has 2 amide bonds. The summed E-state index contributed by atoms with van der Waals surface area (Å²) < 4.78 is 5.16. The van der Waals surface area contributed by atoms with Crippen molar-refractivity contribution < 1.29 is 14.6 Å². The third-order valence-electron chi connectivity index (χ3n) is 3.70. The smallest absolute Gasteiger partial charge is 0.319 e. The maximum Gasteiger partial charge on any atom is 0.319 e. The number of hydrogen-bond acceptors (Lipinski definition) is 3. The molecule has 0 spiro atoms. The Labute approximate surface area is 133 Å². The highest BCUT2D eigenvalue weighted by atomic mass is 16.5. The summed E-state index contributed by atoms with van der Waals surface area (Å²) in [6.45, 7) is 6.23. The second-order valence-corrected chi connectivity index (χ2v) is 5.71. The largest absolute Gasteiger partial charge is 0.497 e. The molecule has 1 aromatic rings. The molecular formula is C17H28N2O3. The molecule has 0 radical (unpaired) electrons.